The van der Waals surface area contributed by atoms with Gasteiger partial charge in [0.05, 0.1) is 4.90 Å². The molecule has 0 aliphatic carbocycles. The van der Waals surface area contributed by atoms with Gasteiger partial charge in [-0.2, -0.15) is 0 Å². The normalized spacial score (nSPS) is 13.8. The molecule has 1 unspecified atom stereocenters. The fourth-order valence-corrected chi connectivity index (χ4v) is 2.92. The molecular weight excluding hydrogens is 255 g/mol. The zero-order valence-electron chi connectivity index (χ0n) is 10.6. The second kappa shape index (κ2) is 6.26. The maximum atomic E-state index is 12.7. The third-order valence-electron chi connectivity index (χ3n) is 2.49. The molecule has 3 N–H and O–H groups in total. The number of sulfonamides is 1. The van der Waals surface area contributed by atoms with Gasteiger partial charge in [-0.25, -0.2) is 17.5 Å². The number of hydrogen-bond donors (Lipinski definition) is 2. The fraction of sp³-hybridized carbons (Fsp3) is 0.500. The number of halogens is 1. The van der Waals surface area contributed by atoms with Gasteiger partial charge in [0.15, 0.2) is 0 Å². The summed E-state index contributed by atoms with van der Waals surface area (Å²) in [7, 11) is -3.63. The van der Waals surface area contributed by atoms with E-state index in [1.807, 2.05) is 13.8 Å². The summed E-state index contributed by atoms with van der Waals surface area (Å²) in [6.07, 6.45) is 0.664. The maximum Gasteiger partial charge on any atom is 0.240 e. The monoisotopic (exact) mass is 274 g/mol. The van der Waals surface area contributed by atoms with Gasteiger partial charge in [0.2, 0.25) is 10.0 Å². The van der Waals surface area contributed by atoms with Crippen LogP contribution in [0.5, 0.6) is 0 Å². The van der Waals surface area contributed by atoms with Crippen molar-refractivity contribution in [1.82, 2.24) is 4.72 Å². The van der Waals surface area contributed by atoms with Gasteiger partial charge in [-0.05, 0) is 36.6 Å². The lowest BCUT2D eigenvalue weighted by molar-refractivity contribution is 0.465. The van der Waals surface area contributed by atoms with Gasteiger partial charge in [0, 0.05) is 12.6 Å². The molecule has 0 aliphatic rings. The number of benzene rings is 1. The van der Waals surface area contributed by atoms with Crippen LogP contribution in [0.4, 0.5) is 4.39 Å². The standard InChI is InChI=1S/C12H19FN2O2S/c1-9(2)7-11(8-14)15-18(16,17)12-5-3-10(13)4-6-12/h3-6,9,11,15H,7-8,14H2,1-2H3. The van der Waals surface area contributed by atoms with E-state index in [1.54, 1.807) is 0 Å². The van der Waals surface area contributed by atoms with Crippen LogP contribution < -0.4 is 10.5 Å². The van der Waals surface area contributed by atoms with E-state index in [9.17, 15) is 12.8 Å². The van der Waals surface area contributed by atoms with Crippen molar-refractivity contribution in [3.8, 4) is 0 Å². The van der Waals surface area contributed by atoms with E-state index in [1.165, 1.54) is 12.1 Å². The highest BCUT2D eigenvalue weighted by molar-refractivity contribution is 7.89. The maximum absolute atomic E-state index is 12.7. The SMILES string of the molecule is CC(C)CC(CN)NS(=O)(=O)c1ccc(F)cc1. The molecule has 0 heterocycles. The van der Waals surface area contributed by atoms with Crippen LogP contribution >= 0.6 is 0 Å². The zero-order valence-corrected chi connectivity index (χ0v) is 11.4. The fourth-order valence-electron chi connectivity index (χ4n) is 1.66. The summed E-state index contributed by atoms with van der Waals surface area (Å²) in [5.74, 6) is -0.124. The van der Waals surface area contributed by atoms with Crippen LogP contribution in [0.15, 0.2) is 29.2 Å². The Bertz CT molecular complexity index is 471. The Morgan fingerprint density at radius 2 is 1.83 bits per heavy atom. The summed E-state index contributed by atoms with van der Waals surface area (Å²) in [6.45, 7) is 4.22. The van der Waals surface area contributed by atoms with Gasteiger partial charge in [-0.3, -0.25) is 0 Å². The lowest BCUT2D eigenvalue weighted by Gasteiger charge is -2.18. The molecule has 102 valence electrons. The molecule has 0 saturated carbocycles. The minimum Gasteiger partial charge on any atom is -0.329 e. The van der Waals surface area contributed by atoms with Gasteiger partial charge in [-0.1, -0.05) is 13.8 Å². The molecule has 18 heavy (non-hydrogen) atoms. The van der Waals surface area contributed by atoms with Crippen molar-refractivity contribution in [2.24, 2.45) is 11.7 Å². The Morgan fingerprint density at radius 3 is 2.28 bits per heavy atom. The first kappa shape index (κ1) is 15.1. The topological polar surface area (TPSA) is 72.2 Å². The average molecular weight is 274 g/mol. The molecular formula is C12H19FN2O2S. The molecule has 4 nitrogen and oxygen atoms in total. The van der Waals surface area contributed by atoms with Crippen molar-refractivity contribution in [1.29, 1.82) is 0 Å². The lowest BCUT2D eigenvalue weighted by atomic mass is 10.1. The van der Waals surface area contributed by atoms with Gasteiger partial charge >= 0.3 is 0 Å². The Kier molecular flexibility index (Phi) is 5.25. The van der Waals surface area contributed by atoms with Gasteiger partial charge in [-0.15, -0.1) is 0 Å². The van der Waals surface area contributed by atoms with Crippen LogP contribution in [0.1, 0.15) is 20.3 Å². The predicted octanol–water partition coefficient (Wildman–Crippen LogP) is 1.48. The van der Waals surface area contributed by atoms with Gasteiger partial charge in [0.1, 0.15) is 5.82 Å². The van der Waals surface area contributed by atoms with Crippen LogP contribution in [0.25, 0.3) is 0 Å². The Hall–Kier alpha value is -0.980. The van der Waals surface area contributed by atoms with E-state index in [-0.39, 0.29) is 17.5 Å². The summed E-state index contributed by atoms with van der Waals surface area (Å²) in [5, 5.41) is 0. The molecule has 1 atom stereocenters. The van der Waals surface area contributed by atoms with Crippen molar-refractivity contribution < 1.29 is 12.8 Å². The molecule has 0 aliphatic heterocycles. The molecule has 0 radical (unpaired) electrons. The summed E-state index contributed by atoms with van der Waals surface area (Å²) in [4.78, 5) is 0.0473. The second-order valence-electron chi connectivity index (χ2n) is 4.64. The van der Waals surface area contributed by atoms with Gasteiger partial charge < -0.3 is 5.73 Å². The third kappa shape index (κ3) is 4.36. The highest BCUT2D eigenvalue weighted by Crippen LogP contribution is 2.12. The van der Waals surface area contributed by atoms with Crippen LogP contribution in [0.3, 0.4) is 0 Å². The van der Waals surface area contributed by atoms with Crippen molar-refractivity contribution in [3.63, 3.8) is 0 Å². The first-order valence-corrected chi connectivity index (χ1v) is 7.31. The summed E-state index contributed by atoms with van der Waals surface area (Å²) < 4.78 is 39.3. The summed E-state index contributed by atoms with van der Waals surface area (Å²) in [5.41, 5.74) is 5.54. The molecule has 0 amide bonds. The van der Waals surface area contributed by atoms with Crippen molar-refractivity contribution in [2.75, 3.05) is 6.54 Å². The van der Waals surface area contributed by atoms with Crippen molar-refractivity contribution >= 4 is 10.0 Å². The van der Waals surface area contributed by atoms with Crippen molar-refractivity contribution in [2.45, 2.75) is 31.2 Å². The smallest absolute Gasteiger partial charge is 0.240 e. The second-order valence-corrected chi connectivity index (χ2v) is 6.35. The minimum atomic E-state index is -3.63. The van der Waals surface area contributed by atoms with E-state index < -0.39 is 15.8 Å². The Labute approximate surface area is 107 Å². The molecule has 0 fully saturated rings. The number of nitrogens with one attached hydrogen (secondary N) is 1. The summed E-state index contributed by atoms with van der Waals surface area (Å²) in [6, 6.07) is 4.41. The van der Waals surface area contributed by atoms with E-state index >= 15 is 0 Å². The van der Waals surface area contributed by atoms with Crippen LogP contribution in [0, 0.1) is 11.7 Å². The molecule has 1 rings (SSSR count). The first-order chi connectivity index (χ1) is 8.35. The third-order valence-corrected chi connectivity index (χ3v) is 4.02. The Morgan fingerprint density at radius 1 is 1.28 bits per heavy atom. The molecule has 0 bridgehead atoms. The quantitative estimate of drug-likeness (QED) is 0.825. The molecule has 1 aromatic rings. The number of nitrogens with two attached hydrogens (primary N) is 1. The van der Waals surface area contributed by atoms with E-state index in [4.69, 9.17) is 5.73 Å². The molecule has 1 aromatic carbocycles. The molecule has 0 aromatic heterocycles. The van der Waals surface area contributed by atoms with E-state index in [0.29, 0.717) is 12.3 Å². The number of rotatable bonds is 6. The van der Waals surface area contributed by atoms with Crippen LogP contribution in [-0.2, 0) is 10.0 Å². The molecule has 0 saturated heterocycles. The van der Waals surface area contributed by atoms with E-state index in [0.717, 1.165) is 12.1 Å². The zero-order chi connectivity index (χ0) is 13.8. The number of hydrogen-bond acceptors (Lipinski definition) is 3. The largest absolute Gasteiger partial charge is 0.329 e. The van der Waals surface area contributed by atoms with Crippen molar-refractivity contribution in [3.05, 3.63) is 30.1 Å². The predicted molar refractivity (Wildman–Crippen MR) is 69.0 cm³/mol. The lowest BCUT2D eigenvalue weighted by Crippen LogP contribution is -2.40. The Balaban J connectivity index is 2.83. The molecule has 0 spiro atoms. The van der Waals surface area contributed by atoms with Crippen LogP contribution in [0.2, 0.25) is 0 Å². The van der Waals surface area contributed by atoms with Crippen LogP contribution in [-0.4, -0.2) is 21.0 Å². The highest BCUT2D eigenvalue weighted by atomic mass is 32.2. The molecule has 6 heteroatoms. The van der Waals surface area contributed by atoms with E-state index in [2.05, 4.69) is 4.72 Å². The average Bonchev–Trinajstić information content (AvgIpc) is 2.27. The van der Waals surface area contributed by atoms with Gasteiger partial charge in [0.25, 0.3) is 0 Å². The first-order valence-electron chi connectivity index (χ1n) is 5.83. The minimum absolute atomic E-state index is 0.0473. The highest BCUT2D eigenvalue weighted by Gasteiger charge is 2.19. The summed E-state index contributed by atoms with van der Waals surface area (Å²) >= 11 is 0.